The highest BCUT2D eigenvalue weighted by Gasteiger charge is 1.98. The van der Waals surface area contributed by atoms with Gasteiger partial charge in [0.05, 0.1) is 0 Å². The fourth-order valence-corrected chi connectivity index (χ4v) is 5.86. The van der Waals surface area contributed by atoms with Crippen molar-refractivity contribution in [3.8, 4) is 0 Å². The molecule has 0 fully saturated rings. The van der Waals surface area contributed by atoms with Crippen LogP contribution in [0.25, 0.3) is 10.8 Å². The van der Waals surface area contributed by atoms with Crippen LogP contribution in [0.2, 0.25) is 0 Å². The number of hydrogen-bond acceptors (Lipinski definition) is 0. The Labute approximate surface area is 232 Å². The highest BCUT2D eigenvalue weighted by atomic mass is 14.0. The van der Waals surface area contributed by atoms with Crippen LogP contribution >= 0.6 is 0 Å². The van der Waals surface area contributed by atoms with E-state index in [4.69, 9.17) is 0 Å². The average Bonchev–Trinajstić information content (AvgIpc) is 2.93. The molecule has 0 unspecified atom stereocenters. The molecule has 0 heteroatoms. The minimum absolute atomic E-state index is 1.24. The van der Waals surface area contributed by atoms with Crippen LogP contribution in [0.4, 0.5) is 0 Å². The van der Waals surface area contributed by atoms with E-state index in [0.717, 1.165) is 0 Å². The quantitative estimate of drug-likeness (QED) is 0.111. The molecule has 37 heavy (non-hydrogen) atoms. The molecule has 2 aromatic carbocycles. The van der Waals surface area contributed by atoms with Crippen molar-refractivity contribution in [2.75, 3.05) is 0 Å². The zero-order valence-corrected chi connectivity index (χ0v) is 24.9. The van der Waals surface area contributed by atoms with Gasteiger partial charge in [0.2, 0.25) is 0 Å². The Balaban J connectivity index is 1.22. The molecule has 0 nitrogen and oxygen atoms in total. The molecule has 0 bridgehead atoms. The molecule has 0 heterocycles. The molecule has 0 aromatic heterocycles. The summed E-state index contributed by atoms with van der Waals surface area (Å²) >= 11 is 0. The lowest BCUT2D eigenvalue weighted by molar-refractivity contribution is 0.516. The minimum Gasteiger partial charge on any atom is -0.0654 e. The van der Waals surface area contributed by atoms with Crippen molar-refractivity contribution < 1.29 is 0 Å². The summed E-state index contributed by atoms with van der Waals surface area (Å²) in [6.45, 7) is 2.31. The summed E-state index contributed by atoms with van der Waals surface area (Å²) in [7, 11) is 0. The topological polar surface area (TPSA) is 0 Å². The Kier molecular flexibility index (Phi) is 20.5. The molecular formula is C37H62. The molecule has 2 aromatic rings. The third kappa shape index (κ3) is 17.8. The second kappa shape index (κ2) is 23.8. The van der Waals surface area contributed by atoms with Gasteiger partial charge in [-0.3, -0.25) is 0 Å². The molecule has 0 spiro atoms. The third-order valence-corrected chi connectivity index (χ3v) is 8.38. The van der Waals surface area contributed by atoms with E-state index >= 15 is 0 Å². The first kappa shape index (κ1) is 31.9. The summed E-state index contributed by atoms with van der Waals surface area (Å²) in [5, 5.41) is 2.75. The molecule has 0 saturated heterocycles. The molecule has 0 aliphatic carbocycles. The first-order valence-corrected chi connectivity index (χ1v) is 16.9. The second-order valence-electron chi connectivity index (χ2n) is 11.9. The van der Waals surface area contributed by atoms with Gasteiger partial charge >= 0.3 is 0 Å². The standard InChI is InChI=1S/C37H62/c1-2-3-4-5-6-7-8-9-10-11-12-13-14-15-16-17-18-19-20-21-22-23-24-25-26-29-35-32-33-36-30-27-28-31-37(36)34-35/h27-28,30-34H,2-26,29H2,1H3. The predicted octanol–water partition coefficient (Wildman–Crippen LogP) is 13.2. The van der Waals surface area contributed by atoms with Crippen molar-refractivity contribution in [2.24, 2.45) is 0 Å². The fraction of sp³-hybridized carbons (Fsp3) is 0.730. The second-order valence-corrected chi connectivity index (χ2v) is 11.9. The Morgan fingerprint density at radius 1 is 0.351 bits per heavy atom. The minimum atomic E-state index is 1.24. The maximum absolute atomic E-state index is 2.38. The Morgan fingerprint density at radius 3 is 1.11 bits per heavy atom. The maximum Gasteiger partial charge on any atom is -0.0181 e. The Hall–Kier alpha value is -1.30. The van der Waals surface area contributed by atoms with Crippen molar-refractivity contribution in [1.82, 2.24) is 0 Å². The lowest BCUT2D eigenvalue weighted by Crippen LogP contribution is -1.87. The van der Waals surface area contributed by atoms with E-state index in [9.17, 15) is 0 Å². The van der Waals surface area contributed by atoms with Crippen molar-refractivity contribution in [1.29, 1.82) is 0 Å². The first-order chi connectivity index (χ1) is 18.4. The Bertz CT molecular complexity index is 745. The third-order valence-electron chi connectivity index (χ3n) is 8.38. The van der Waals surface area contributed by atoms with Gasteiger partial charge in [-0.25, -0.2) is 0 Å². The van der Waals surface area contributed by atoms with Gasteiger partial charge in [-0.15, -0.1) is 0 Å². The van der Waals surface area contributed by atoms with Gasteiger partial charge in [-0.05, 0) is 29.2 Å². The van der Waals surface area contributed by atoms with Crippen LogP contribution in [0.3, 0.4) is 0 Å². The van der Waals surface area contributed by atoms with E-state index in [1.54, 1.807) is 0 Å². The highest BCUT2D eigenvalue weighted by molar-refractivity contribution is 5.82. The number of benzene rings is 2. The predicted molar refractivity (Wildman–Crippen MR) is 169 cm³/mol. The van der Waals surface area contributed by atoms with Crippen molar-refractivity contribution in [2.45, 2.75) is 174 Å². The van der Waals surface area contributed by atoms with Crippen LogP contribution in [0, 0.1) is 0 Å². The normalized spacial score (nSPS) is 11.5. The molecule has 0 N–H and O–H groups in total. The number of fused-ring (bicyclic) bond motifs is 1. The molecule has 210 valence electrons. The SMILES string of the molecule is CCCCCCCCCCCCCCCCCCCCCCCCCCCc1ccc2ccccc2c1. The van der Waals surface area contributed by atoms with Crippen molar-refractivity contribution in [3.05, 3.63) is 48.0 Å². The average molecular weight is 507 g/mol. The number of hydrogen-bond donors (Lipinski definition) is 0. The Morgan fingerprint density at radius 2 is 0.703 bits per heavy atom. The summed E-state index contributed by atoms with van der Waals surface area (Å²) < 4.78 is 0. The lowest BCUT2D eigenvalue weighted by Gasteiger charge is -2.05. The van der Waals surface area contributed by atoms with Crippen LogP contribution in [0.1, 0.15) is 173 Å². The molecule has 0 radical (unpaired) electrons. The summed E-state index contributed by atoms with van der Waals surface area (Å²) in [5.41, 5.74) is 1.51. The van der Waals surface area contributed by atoms with E-state index in [-0.39, 0.29) is 0 Å². The van der Waals surface area contributed by atoms with Gasteiger partial charge in [-0.1, -0.05) is 203 Å². The van der Waals surface area contributed by atoms with Crippen LogP contribution in [0.15, 0.2) is 42.5 Å². The van der Waals surface area contributed by atoms with Crippen molar-refractivity contribution in [3.63, 3.8) is 0 Å². The van der Waals surface area contributed by atoms with Crippen LogP contribution < -0.4 is 0 Å². The maximum atomic E-state index is 2.38. The van der Waals surface area contributed by atoms with E-state index in [0.29, 0.717) is 0 Å². The molecule has 0 aliphatic heterocycles. The summed E-state index contributed by atoms with van der Waals surface area (Å²) in [6, 6.07) is 15.7. The number of unbranched alkanes of at least 4 members (excludes halogenated alkanes) is 24. The molecule has 0 aliphatic rings. The molecule has 0 saturated carbocycles. The number of rotatable bonds is 26. The zero-order chi connectivity index (χ0) is 26.1. The largest absolute Gasteiger partial charge is 0.0654 e. The van der Waals surface area contributed by atoms with Gasteiger partial charge in [0, 0.05) is 0 Å². The number of aryl methyl sites for hydroxylation is 1. The van der Waals surface area contributed by atoms with E-state index in [1.165, 1.54) is 183 Å². The summed E-state index contributed by atoms with van der Waals surface area (Å²) in [4.78, 5) is 0. The highest BCUT2D eigenvalue weighted by Crippen LogP contribution is 2.19. The monoisotopic (exact) mass is 506 g/mol. The van der Waals surface area contributed by atoms with Gasteiger partial charge in [-0.2, -0.15) is 0 Å². The summed E-state index contributed by atoms with van der Waals surface area (Å²) in [6.07, 6.45) is 37.7. The fourth-order valence-electron chi connectivity index (χ4n) is 5.86. The van der Waals surface area contributed by atoms with Gasteiger partial charge in [0.15, 0.2) is 0 Å². The summed E-state index contributed by atoms with van der Waals surface area (Å²) in [5.74, 6) is 0. The lowest BCUT2D eigenvalue weighted by atomic mass is 10.0. The molecule has 0 amide bonds. The van der Waals surface area contributed by atoms with Crippen LogP contribution in [-0.4, -0.2) is 0 Å². The van der Waals surface area contributed by atoms with Gasteiger partial charge in [0.25, 0.3) is 0 Å². The molecule has 2 rings (SSSR count). The zero-order valence-electron chi connectivity index (χ0n) is 24.9. The first-order valence-electron chi connectivity index (χ1n) is 16.9. The molecular weight excluding hydrogens is 444 g/mol. The van der Waals surface area contributed by atoms with Gasteiger partial charge in [0.1, 0.15) is 0 Å². The van der Waals surface area contributed by atoms with E-state index in [2.05, 4.69) is 49.4 Å². The van der Waals surface area contributed by atoms with E-state index in [1.807, 2.05) is 0 Å². The van der Waals surface area contributed by atoms with Crippen molar-refractivity contribution >= 4 is 10.8 Å². The van der Waals surface area contributed by atoms with Crippen LogP contribution in [-0.2, 0) is 6.42 Å². The van der Waals surface area contributed by atoms with Crippen LogP contribution in [0.5, 0.6) is 0 Å². The van der Waals surface area contributed by atoms with E-state index < -0.39 is 0 Å². The van der Waals surface area contributed by atoms with Gasteiger partial charge < -0.3 is 0 Å². The smallest absolute Gasteiger partial charge is 0.0181 e. The molecule has 0 atom stereocenters.